The summed E-state index contributed by atoms with van der Waals surface area (Å²) in [5, 5.41) is 8.16. The average Bonchev–Trinajstić information content (AvgIpc) is 3.30. The Hall–Kier alpha value is -2.44. The Morgan fingerprint density at radius 3 is 2.84 bits per heavy atom. The number of aromatic nitrogens is 2. The monoisotopic (exact) mass is 347 g/mol. The number of rotatable bonds is 6. The summed E-state index contributed by atoms with van der Waals surface area (Å²) in [4.78, 5) is 13.9. The van der Waals surface area contributed by atoms with E-state index in [-0.39, 0.29) is 12.3 Å². The van der Waals surface area contributed by atoms with Crippen LogP contribution in [0.1, 0.15) is 49.8 Å². The van der Waals surface area contributed by atoms with Crippen molar-refractivity contribution in [2.24, 2.45) is 0 Å². The van der Waals surface area contributed by atoms with Crippen molar-refractivity contribution in [1.29, 1.82) is 0 Å². The molecule has 0 aliphatic heterocycles. The largest absolute Gasteiger partial charge is 0.494 e. The van der Waals surface area contributed by atoms with E-state index in [0.29, 0.717) is 35.6 Å². The van der Waals surface area contributed by atoms with Crippen molar-refractivity contribution in [2.45, 2.75) is 44.4 Å². The number of amides is 1. The summed E-state index contributed by atoms with van der Waals surface area (Å²) in [6.45, 7) is 0. The molecule has 0 radical (unpaired) electrons. The minimum atomic E-state index is -0.410. The van der Waals surface area contributed by atoms with Crippen molar-refractivity contribution >= 4 is 11.6 Å². The second kappa shape index (κ2) is 7.63. The summed E-state index contributed by atoms with van der Waals surface area (Å²) < 4.78 is 24.1. The van der Waals surface area contributed by atoms with Gasteiger partial charge in [-0.3, -0.25) is 4.79 Å². The third-order valence-corrected chi connectivity index (χ3v) is 4.62. The van der Waals surface area contributed by atoms with Crippen LogP contribution in [0.2, 0.25) is 0 Å². The highest BCUT2D eigenvalue weighted by Crippen LogP contribution is 2.33. The minimum absolute atomic E-state index is 0.134. The number of carbonyl (C=O) groups is 1. The van der Waals surface area contributed by atoms with Gasteiger partial charge in [-0.05, 0) is 25.0 Å². The Kier molecular flexibility index (Phi) is 5.31. The first-order chi connectivity index (χ1) is 12.1. The van der Waals surface area contributed by atoms with E-state index in [1.165, 1.54) is 43.1 Å². The fourth-order valence-electron chi connectivity index (χ4n) is 3.15. The molecular formula is C18H22FN3O3. The second-order valence-corrected chi connectivity index (χ2v) is 6.28. The number of ether oxygens (including phenoxy) is 1. The van der Waals surface area contributed by atoms with Gasteiger partial charge >= 0.3 is 0 Å². The molecule has 1 saturated carbocycles. The molecular weight excluding hydrogens is 325 g/mol. The summed E-state index contributed by atoms with van der Waals surface area (Å²) in [6.07, 6.45) is 5.19. The number of hydrogen-bond acceptors (Lipinski definition) is 5. The van der Waals surface area contributed by atoms with Gasteiger partial charge in [0.15, 0.2) is 0 Å². The summed E-state index contributed by atoms with van der Waals surface area (Å²) in [6, 6.07) is 4.08. The molecule has 1 fully saturated rings. The molecule has 134 valence electrons. The number of aryl methyl sites for hydroxylation is 1. The van der Waals surface area contributed by atoms with Crippen molar-refractivity contribution in [3.8, 4) is 5.75 Å². The normalized spacial score (nSPS) is 14.7. The van der Waals surface area contributed by atoms with E-state index in [9.17, 15) is 9.18 Å². The summed E-state index contributed by atoms with van der Waals surface area (Å²) in [7, 11) is 3.08. The molecule has 0 unspecified atom stereocenters. The molecule has 0 saturated heterocycles. The van der Waals surface area contributed by atoms with E-state index in [1.54, 1.807) is 7.05 Å². The number of halogens is 1. The Morgan fingerprint density at radius 2 is 2.12 bits per heavy atom. The van der Waals surface area contributed by atoms with Crippen LogP contribution in [-0.4, -0.2) is 30.3 Å². The predicted molar refractivity (Wildman–Crippen MR) is 90.2 cm³/mol. The van der Waals surface area contributed by atoms with Crippen LogP contribution in [0.4, 0.5) is 10.1 Å². The number of nitrogens with zero attached hydrogens (tertiary/aromatic N) is 3. The van der Waals surface area contributed by atoms with E-state index < -0.39 is 5.82 Å². The van der Waals surface area contributed by atoms with Crippen LogP contribution in [0.5, 0.6) is 5.75 Å². The molecule has 25 heavy (non-hydrogen) atoms. The number of hydrogen-bond donors (Lipinski definition) is 0. The van der Waals surface area contributed by atoms with Crippen molar-refractivity contribution in [3.05, 3.63) is 35.8 Å². The van der Waals surface area contributed by atoms with Gasteiger partial charge < -0.3 is 14.1 Å². The quantitative estimate of drug-likeness (QED) is 0.800. The molecule has 0 spiro atoms. The van der Waals surface area contributed by atoms with Gasteiger partial charge in [0.2, 0.25) is 17.7 Å². The maximum Gasteiger partial charge on any atom is 0.227 e. The van der Waals surface area contributed by atoms with E-state index in [2.05, 4.69) is 10.2 Å². The third kappa shape index (κ3) is 3.97. The van der Waals surface area contributed by atoms with Gasteiger partial charge in [-0.15, -0.1) is 10.2 Å². The molecule has 7 heteroatoms. The van der Waals surface area contributed by atoms with Gasteiger partial charge in [0, 0.05) is 31.9 Å². The van der Waals surface area contributed by atoms with E-state index in [1.807, 2.05) is 0 Å². The third-order valence-electron chi connectivity index (χ3n) is 4.62. The molecule has 6 nitrogen and oxygen atoms in total. The molecule has 1 aromatic carbocycles. The highest BCUT2D eigenvalue weighted by atomic mass is 19.1. The minimum Gasteiger partial charge on any atom is -0.494 e. The first kappa shape index (κ1) is 17.4. The predicted octanol–water partition coefficient (Wildman–Crippen LogP) is 3.47. The molecule has 1 heterocycles. The van der Waals surface area contributed by atoms with Gasteiger partial charge in [-0.25, -0.2) is 4.39 Å². The number of anilines is 1. The highest BCUT2D eigenvalue weighted by molar-refractivity contribution is 5.94. The zero-order valence-electron chi connectivity index (χ0n) is 14.5. The van der Waals surface area contributed by atoms with E-state index in [0.717, 1.165) is 12.8 Å². The molecule has 0 N–H and O–H groups in total. The van der Waals surface area contributed by atoms with Crippen LogP contribution in [-0.2, 0) is 11.2 Å². The van der Waals surface area contributed by atoms with Crippen LogP contribution in [0, 0.1) is 5.82 Å². The lowest BCUT2D eigenvalue weighted by Gasteiger charge is -2.19. The lowest BCUT2D eigenvalue weighted by Crippen LogP contribution is -2.27. The standard InChI is InChI=1S/C18H22FN3O3/c1-22(14-8-7-13(19)11-15(14)24-2)17(23)10-9-16-20-21-18(25-16)12-5-3-4-6-12/h7-8,11-12H,3-6,9-10H2,1-2H3. The Morgan fingerprint density at radius 1 is 1.36 bits per heavy atom. The fourth-order valence-corrected chi connectivity index (χ4v) is 3.15. The lowest BCUT2D eigenvalue weighted by atomic mass is 10.1. The number of methoxy groups -OCH3 is 1. The van der Waals surface area contributed by atoms with Crippen molar-refractivity contribution in [2.75, 3.05) is 19.1 Å². The van der Waals surface area contributed by atoms with Crippen molar-refractivity contribution in [1.82, 2.24) is 10.2 Å². The lowest BCUT2D eigenvalue weighted by molar-refractivity contribution is -0.118. The highest BCUT2D eigenvalue weighted by Gasteiger charge is 2.23. The number of benzene rings is 1. The number of carbonyl (C=O) groups excluding carboxylic acids is 1. The van der Waals surface area contributed by atoms with Crippen LogP contribution in [0.15, 0.2) is 22.6 Å². The van der Waals surface area contributed by atoms with Gasteiger partial charge in [-0.2, -0.15) is 0 Å². The van der Waals surface area contributed by atoms with Crippen LogP contribution in [0.25, 0.3) is 0 Å². The van der Waals surface area contributed by atoms with Gasteiger partial charge in [-0.1, -0.05) is 12.8 Å². The second-order valence-electron chi connectivity index (χ2n) is 6.28. The van der Waals surface area contributed by atoms with E-state index in [4.69, 9.17) is 9.15 Å². The molecule has 1 aliphatic carbocycles. The molecule has 0 bridgehead atoms. The SMILES string of the molecule is COc1cc(F)ccc1N(C)C(=O)CCc1nnc(C2CCCC2)o1. The zero-order valence-corrected chi connectivity index (χ0v) is 14.5. The van der Waals surface area contributed by atoms with Crippen LogP contribution in [0.3, 0.4) is 0 Å². The van der Waals surface area contributed by atoms with Crippen LogP contribution >= 0.6 is 0 Å². The van der Waals surface area contributed by atoms with Gasteiger partial charge in [0.05, 0.1) is 12.8 Å². The maximum atomic E-state index is 13.3. The van der Waals surface area contributed by atoms with Crippen molar-refractivity contribution in [3.63, 3.8) is 0 Å². The summed E-state index contributed by atoms with van der Waals surface area (Å²) >= 11 is 0. The molecule has 1 aromatic heterocycles. The molecule has 1 aliphatic rings. The summed E-state index contributed by atoms with van der Waals surface area (Å²) in [5.74, 6) is 1.31. The average molecular weight is 347 g/mol. The van der Waals surface area contributed by atoms with E-state index >= 15 is 0 Å². The maximum absolute atomic E-state index is 13.3. The molecule has 3 rings (SSSR count). The zero-order chi connectivity index (χ0) is 17.8. The Balaban J connectivity index is 1.60. The Labute approximate surface area is 146 Å². The van der Waals surface area contributed by atoms with Gasteiger partial charge in [0.1, 0.15) is 11.6 Å². The first-order valence-corrected chi connectivity index (χ1v) is 8.51. The van der Waals surface area contributed by atoms with Crippen molar-refractivity contribution < 1.29 is 18.3 Å². The fraction of sp³-hybridized carbons (Fsp3) is 0.500. The summed E-state index contributed by atoms with van der Waals surface area (Å²) in [5.41, 5.74) is 0.520. The molecule has 0 atom stereocenters. The van der Waals surface area contributed by atoms with Gasteiger partial charge in [0.25, 0.3) is 0 Å². The molecule has 1 amide bonds. The first-order valence-electron chi connectivity index (χ1n) is 8.51. The smallest absolute Gasteiger partial charge is 0.227 e. The van der Waals surface area contributed by atoms with Crippen LogP contribution < -0.4 is 9.64 Å². The topological polar surface area (TPSA) is 68.5 Å². The Bertz CT molecular complexity index is 741. The molecule has 2 aromatic rings.